The van der Waals surface area contributed by atoms with E-state index in [0.29, 0.717) is 17.9 Å². The molecular weight excluding hydrogens is 270 g/mol. The fraction of sp³-hybridized carbons (Fsp3) is 0.467. The van der Waals surface area contributed by atoms with Crippen LogP contribution in [0, 0.1) is 0 Å². The molecule has 1 atom stereocenters. The number of hydrogen-bond acceptors (Lipinski definition) is 4. The zero-order valence-corrected chi connectivity index (χ0v) is 12.5. The lowest BCUT2D eigenvalue weighted by atomic mass is 10.1. The number of nitrogens with one attached hydrogen (secondary N) is 1. The van der Waals surface area contributed by atoms with Crippen molar-refractivity contribution < 1.29 is 14.7 Å². The minimum Gasteiger partial charge on any atom is -0.480 e. The number of amides is 1. The zero-order chi connectivity index (χ0) is 15.8. The Morgan fingerprint density at radius 1 is 1.38 bits per heavy atom. The lowest BCUT2D eigenvalue weighted by molar-refractivity contribution is -0.135. The molecule has 0 saturated carbocycles. The molecule has 1 rings (SSSR count). The van der Waals surface area contributed by atoms with Crippen LogP contribution in [0.1, 0.15) is 26.7 Å². The molecule has 0 saturated heterocycles. The van der Waals surface area contributed by atoms with Crippen molar-refractivity contribution in [2.75, 3.05) is 23.7 Å². The lowest BCUT2D eigenvalue weighted by Gasteiger charge is -2.29. The van der Waals surface area contributed by atoms with Gasteiger partial charge in [0.2, 0.25) is 5.91 Å². The van der Waals surface area contributed by atoms with Gasteiger partial charge in [-0.25, -0.2) is 0 Å². The molecular formula is C15H23N3O3. The van der Waals surface area contributed by atoms with Gasteiger partial charge in [0.15, 0.2) is 0 Å². The summed E-state index contributed by atoms with van der Waals surface area (Å²) >= 11 is 0. The number of aliphatic carboxylic acids is 1. The number of carboxylic acids is 1. The number of nitrogens with zero attached hydrogens (tertiary/aromatic N) is 1. The van der Waals surface area contributed by atoms with E-state index in [9.17, 15) is 9.59 Å². The Kier molecular flexibility index (Phi) is 6.52. The maximum atomic E-state index is 12.1. The van der Waals surface area contributed by atoms with Crippen LogP contribution in [-0.4, -0.2) is 36.1 Å². The molecule has 0 aliphatic heterocycles. The number of hydrogen-bond donors (Lipinski definition) is 3. The van der Waals surface area contributed by atoms with Gasteiger partial charge < -0.3 is 21.1 Å². The standard InChI is InChI=1S/C15H23N3O3/c1-3-4-9-17-15(21)11(2)18(10-14(19)20)13-8-6-5-7-12(13)16/h5-8,11H,3-4,9-10,16H2,1-2H3,(H,17,21)(H,19,20). The predicted molar refractivity (Wildman–Crippen MR) is 83.2 cm³/mol. The zero-order valence-electron chi connectivity index (χ0n) is 12.5. The van der Waals surface area contributed by atoms with Crippen LogP contribution in [0.2, 0.25) is 0 Å². The molecule has 0 aliphatic rings. The SMILES string of the molecule is CCCCNC(=O)C(C)N(CC(=O)O)c1ccccc1N. The maximum Gasteiger partial charge on any atom is 0.323 e. The number of anilines is 2. The first kappa shape index (κ1) is 16.8. The number of carbonyl (C=O) groups excluding carboxylic acids is 1. The van der Waals surface area contributed by atoms with E-state index >= 15 is 0 Å². The molecule has 1 amide bonds. The van der Waals surface area contributed by atoms with E-state index in [-0.39, 0.29) is 12.5 Å². The first-order valence-corrected chi connectivity index (χ1v) is 7.08. The van der Waals surface area contributed by atoms with Gasteiger partial charge in [0.25, 0.3) is 0 Å². The molecule has 0 aliphatic carbocycles. The highest BCUT2D eigenvalue weighted by molar-refractivity contribution is 5.88. The Morgan fingerprint density at radius 2 is 2.05 bits per heavy atom. The average Bonchev–Trinajstić information content (AvgIpc) is 2.45. The van der Waals surface area contributed by atoms with Gasteiger partial charge in [-0.1, -0.05) is 25.5 Å². The van der Waals surface area contributed by atoms with Gasteiger partial charge >= 0.3 is 5.97 Å². The van der Waals surface area contributed by atoms with Crippen LogP contribution in [-0.2, 0) is 9.59 Å². The highest BCUT2D eigenvalue weighted by Crippen LogP contribution is 2.24. The predicted octanol–water partition coefficient (Wildman–Crippen LogP) is 1.46. The fourth-order valence-electron chi connectivity index (χ4n) is 2.00. The summed E-state index contributed by atoms with van der Waals surface area (Å²) in [4.78, 5) is 24.7. The van der Waals surface area contributed by atoms with Crippen molar-refractivity contribution in [2.24, 2.45) is 0 Å². The van der Waals surface area contributed by atoms with Crippen LogP contribution in [0.4, 0.5) is 11.4 Å². The molecule has 0 radical (unpaired) electrons. The third-order valence-electron chi connectivity index (χ3n) is 3.23. The number of unbranched alkanes of at least 4 members (excludes halogenated alkanes) is 1. The summed E-state index contributed by atoms with van der Waals surface area (Å²) < 4.78 is 0. The first-order chi connectivity index (χ1) is 9.97. The van der Waals surface area contributed by atoms with E-state index in [1.54, 1.807) is 31.2 Å². The van der Waals surface area contributed by atoms with Gasteiger partial charge in [-0.3, -0.25) is 9.59 Å². The summed E-state index contributed by atoms with van der Waals surface area (Å²) in [5, 5.41) is 11.9. The summed E-state index contributed by atoms with van der Waals surface area (Å²) in [6, 6.07) is 6.33. The van der Waals surface area contributed by atoms with Gasteiger partial charge in [-0.2, -0.15) is 0 Å². The molecule has 6 heteroatoms. The Hall–Kier alpha value is -2.24. The van der Waals surface area contributed by atoms with Gasteiger partial charge in [0, 0.05) is 6.54 Å². The molecule has 1 unspecified atom stereocenters. The molecule has 1 aromatic rings. The summed E-state index contributed by atoms with van der Waals surface area (Å²) in [6.45, 7) is 4.02. The number of para-hydroxylation sites is 2. The van der Waals surface area contributed by atoms with Gasteiger partial charge in [0.1, 0.15) is 12.6 Å². The van der Waals surface area contributed by atoms with Crippen molar-refractivity contribution in [3.8, 4) is 0 Å². The number of nitrogens with two attached hydrogens (primary N) is 1. The Morgan fingerprint density at radius 3 is 2.62 bits per heavy atom. The molecule has 4 N–H and O–H groups in total. The second kappa shape index (κ2) is 8.14. The molecule has 21 heavy (non-hydrogen) atoms. The molecule has 116 valence electrons. The van der Waals surface area contributed by atoms with E-state index in [1.807, 2.05) is 6.92 Å². The van der Waals surface area contributed by atoms with Gasteiger partial charge in [0.05, 0.1) is 11.4 Å². The number of carbonyl (C=O) groups is 2. The Bertz CT molecular complexity index is 491. The summed E-state index contributed by atoms with van der Waals surface area (Å²) in [6.07, 6.45) is 1.88. The normalized spacial score (nSPS) is 11.7. The monoisotopic (exact) mass is 293 g/mol. The Labute approximate surface area is 124 Å². The summed E-state index contributed by atoms with van der Waals surface area (Å²) in [5.74, 6) is -1.21. The van der Waals surface area contributed by atoms with Crippen LogP contribution < -0.4 is 16.0 Å². The lowest BCUT2D eigenvalue weighted by Crippen LogP contribution is -2.47. The van der Waals surface area contributed by atoms with Crippen LogP contribution >= 0.6 is 0 Å². The van der Waals surface area contributed by atoms with Gasteiger partial charge in [-0.15, -0.1) is 0 Å². The fourth-order valence-corrected chi connectivity index (χ4v) is 2.00. The van der Waals surface area contributed by atoms with Crippen molar-refractivity contribution in [1.29, 1.82) is 0 Å². The van der Waals surface area contributed by atoms with Crippen LogP contribution in [0.15, 0.2) is 24.3 Å². The van der Waals surface area contributed by atoms with Crippen molar-refractivity contribution in [1.82, 2.24) is 5.32 Å². The number of carboxylic acid groups (broad SMARTS) is 1. The summed E-state index contributed by atoms with van der Waals surface area (Å²) in [7, 11) is 0. The highest BCUT2D eigenvalue weighted by Gasteiger charge is 2.24. The first-order valence-electron chi connectivity index (χ1n) is 7.08. The minimum atomic E-state index is -1.01. The van der Waals surface area contributed by atoms with E-state index in [0.717, 1.165) is 12.8 Å². The molecule has 0 aromatic heterocycles. The van der Waals surface area contributed by atoms with E-state index in [1.165, 1.54) is 4.90 Å². The smallest absolute Gasteiger partial charge is 0.323 e. The van der Waals surface area contributed by atoms with E-state index < -0.39 is 12.0 Å². The molecule has 1 aromatic carbocycles. The average molecular weight is 293 g/mol. The van der Waals surface area contributed by atoms with Crippen molar-refractivity contribution >= 4 is 23.3 Å². The van der Waals surface area contributed by atoms with Crippen LogP contribution in [0.25, 0.3) is 0 Å². The highest BCUT2D eigenvalue weighted by atomic mass is 16.4. The molecule has 0 fully saturated rings. The maximum absolute atomic E-state index is 12.1. The van der Waals surface area contributed by atoms with Crippen molar-refractivity contribution in [3.63, 3.8) is 0 Å². The van der Waals surface area contributed by atoms with Crippen molar-refractivity contribution in [3.05, 3.63) is 24.3 Å². The number of rotatable bonds is 8. The molecule has 0 spiro atoms. The second-order valence-electron chi connectivity index (χ2n) is 4.90. The van der Waals surface area contributed by atoms with Crippen LogP contribution in [0.5, 0.6) is 0 Å². The topological polar surface area (TPSA) is 95.7 Å². The van der Waals surface area contributed by atoms with Crippen LogP contribution in [0.3, 0.4) is 0 Å². The molecule has 6 nitrogen and oxygen atoms in total. The van der Waals surface area contributed by atoms with E-state index in [2.05, 4.69) is 5.32 Å². The molecule has 0 heterocycles. The van der Waals surface area contributed by atoms with E-state index in [4.69, 9.17) is 10.8 Å². The minimum absolute atomic E-state index is 0.201. The number of nitrogen functional groups attached to an aromatic ring is 1. The largest absolute Gasteiger partial charge is 0.480 e. The van der Waals surface area contributed by atoms with Crippen molar-refractivity contribution in [2.45, 2.75) is 32.7 Å². The summed E-state index contributed by atoms with van der Waals surface area (Å²) in [5.41, 5.74) is 6.90. The molecule has 0 bridgehead atoms. The quantitative estimate of drug-likeness (QED) is 0.498. The Balaban J connectivity index is 2.89. The van der Waals surface area contributed by atoms with Gasteiger partial charge in [-0.05, 0) is 25.5 Å². The second-order valence-corrected chi connectivity index (χ2v) is 4.90. The number of benzene rings is 1. The third-order valence-corrected chi connectivity index (χ3v) is 3.23. The third kappa shape index (κ3) is 4.98.